The zero-order chi connectivity index (χ0) is 13.8. The van der Waals surface area contributed by atoms with E-state index >= 15 is 0 Å². The number of carboxylic acids is 1. The summed E-state index contributed by atoms with van der Waals surface area (Å²) in [5.74, 6) is -2.14. The summed E-state index contributed by atoms with van der Waals surface area (Å²) < 4.78 is 14.0. The van der Waals surface area contributed by atoms with E-state index in [-0.39, 0.29) is 11.4 Å². The van der Waals surface area contributed by atoms with Crippen molar-refractivity contribution >= 4 is 11.8 Å². The maximum absolute atomic E-state index is 14.0. The number of pyridine rings is 2. The lowest BCUT2D eigenvalue weighted by Gasteiger charge is -2.19. The molecule has 0 bridgehead atoms. The van der Waals surface area contributed by atoms with Crippen LogP contribution < -0.4 is 4.90 Å². The van der Waals surface area contributed by atoms with Crippen molar-refractivity contribution in [1.82, 2.24) is 9.97 Å². The summed E-state index contributed by atoms with van der Waals surface area (Å²) in [7, 11) is 1.64. The molecular weight excluding hydrogens is 249 g/mol. The molecule has 5 nitrogen and oxygen atoms in total. The lowest BCUT2D eigenvalue weighted by atomic mass is 10.2. The average molecular weight is 261 g/mol. The lowest BCUT2D eigenvalue weighted by Crippen LogP contribution is -2.20. The van der Waals surface area contributed by atoms with Gasteiger partial charge in [-0.05, 0) is 17.7 Å². The molecular formula is C13H12FN3O2. The van der Waals surface area contributed by atoms with Crippen LogP contribution in [0.5, 0.6) is 0 Å². The van der Waals surface area contributed by atoms with E-state index in [1.165, 1.54) is 6.20 Å². The number of aromatic nitrogens is 2. The Bertz CT molecular complexity index is 590. The lowest BCUT2D eigenvalue weighted by molar-refractivity contribution is 0.0692. The molecule has 98 valence electrons. The van der Waals surface area contributed by atoms with Crippen LogP contribution >= 0.6 is 0 Å². The molecule has 2 rings (SSSR count). The largest absolute Gasteiger partial charge is 0.478 e. The van der Waals surface area contributed by atoms with Gasteiger partial charge < -0.3 is 10.0 Å². The minimum Gasteiger partial charge on any atom is -0.478 e. The number of carbonyl (C=O) groups is 1. The standard InChI is InChI=1S/C13H12FN3O2/c1-17(8-9-3-2-5-15-7-9)12-11(14)10(13(18)19)4-6-16-12/h2-7H,8H2,1H3,(H,18,19). The highest BCUT2D eigenvalue weighted by Gasteiger charge is 2.17. The third-order valence-corrected chi connectivity index (χ3v) is 2.61. The summed E-state index contributed by atoms with van der Waals surface area (Å²) in [6.45, 7) is 0.390. The molecule has 0 amide bonds. The quantitative estimate of drug-likeness (QED) is 0.911. The molecule has 0 aliphatic rings. The number of hydrogen-bond donors (Lipinski definition) is 1. The van der Waals surface area contributed by atoms with Gasteiger partial charge in [0.05, 0.1) is 0 Å². The van der Waals surface area contributed by atoms with Gasteiger partial charge in [-0.1, -0.05) is 6.07 Å². The third kappa shape index (κ3) is 2.85. The molecule has 2 aromatic heterocycles. The van der Waals surface area contributed by atoms with E-state index in [0.717, 1.165) is 11.6 Å². The molecule has 2 aromatic rings. The fraction of sp³-hybridized carbons (Fsp3) is 0.154. The predicted molar refractivity (Wildman–Crippen MR) is 67.5 cm³/mol. The number of anilines is 1. The highest BCUT2D eigenvalue weighted by molar-refractivity contribution is 5.88. The van der Waals surface area contributed by atoms with Crippen LogP contribution in [-0.2, 0) is 6.54 Å². The fourth-order valence-electron chi connectivity index (χ4n) is 1.70. The Morgan fingerprint density at radius 1 is 1.42 bits per heavy atom. The second-order valence-electron chi connectivity index (χ2n) is 4.02. The number of halogens is 1. The first-order chi connectivity index (χ1) is 9.09. The van der Waals surface area contributed by atoms with Crippen molar-refractivity contribution in [2.24, 2.45) is 0 Å². The van der Waals surface area contributed by atoms with Gasteiger partial charge in [0.25, 0.3) is 0 Å². The van der Waals surface area contributed by atoms with Crippen LogP contribution in [0, 0.1) is 5.82 Å². The van der Waals surface area contributed by atoms with Crippen LogP contribution in [0.4, 0.5) is 10.2 Å². The molecule has 0 radical (unpaired) electrons. The van der Waals surface area contributed by atoms with E-state index in [0.29, 0.717) is 6.54 Å². The minimum absolute atomic E-state index is 0.00348. The van der Waals surface area contributed by atoms with Crippen molar-refractivity contribution in [2.75, 3.05) is 11.9 Å². The molecule has 0 spiro atoms. The molecule has 1 N–H and O–H groups in total. The second-order valence-corrected chi connectivity index (χ2v) is 4.02. The topological polar surface area (TPSA) is 66.3 Å². The zero-order valence-corrected chi connectivity index (χ0v) is 10.2. The van der Waals surface area contributed by atoms with Gasteiger partial charge in [0.1, 0.15) is 5.56 Å². The summed E-state index contributed by atoms with van der Waals surface area (Å²) in [5, 5.41) is 8.87. The molecule has 0 atom stereocenters. The van der Waals surface area contributed by atoms with E-state index < -0.39 is 11.8 Å². The van der Waals surface area contributed by atoms with Crippen molar-refractivity contribution in [3.05, 3.63) is 53.7 Å². The first-order valence-corrected chi connectivity index (χ1v) is 5.57. The minimum atomic E-state index is -1.31. The van der Waals surface area contributed by atoms with E-state index in [9.17, 15) is 9.18 Å². The molecule has 0 saturated carbocycles. The number of aromatic carboxylic acids is 1. The van der Waals surface area contributed by atoms with Gasteiger partial charge in [-0.15, -0.1) is 0 Å². The normalized spacial score (nSPS) is 10.2. The van der Waals surface area contributed by atoms with E-state index in [2.05, 4.69) is 9.97 Å². The Morgan fingerprint density at radius 2 is 2.21 bits per heavy atom. The van der Waals surface area contributed by atoms with Crippen molar-refractivity contribution in [2.45, 2.75) is 6.54 Å². The van der Waals surface area contributed by atoms with E-state index in [1.807, 2.05) is 6.07 Å². The van der Waals surface area contributed by atoms with Gasteiger partial charge in [-0.3, -0.25) is 4.98 Å². The molecule has 0 unspecified atom stereocenters. The first kappa shape index (κ1) is 12.9. The van der Waals surface area contributed by atoms with Gasteiger partial charge in [0.15, 0.2) is 11.6 Å². The molecule has 0 saturated heterocycles. The summed E-state index contributed by atoms with van der Waals surface area (Å²) in [6.07, 6.45) is 4.59. The Kier molecular flexibility index (Phi) is 3.70. The molecule has 0 aliphatic heterocycles. The highest BCUT2D eigenvalue weighted by atomic mass is 19.1. The van der Waals surface area contributed by atoms with Crippen LogP contribution in [-0.4, -0.2) is 28.1 Å². The zero-order valence-electron chi connectivity index (χ0n) is 10.2. The summed E-state index contributed by atoms with van der Waals surface area (Å²) in [6, 6.07) is 4.77. The van der Waals surface area contributed by atoms with E-state index in [1.54, 1.807) is 30.4 Å². The third-order valence-electron chi connectivity index (χ3n) is 2.61. The molecule has 19 heavy (non-hydrogen) atoms. The number of hydrogen-bond acceptors (Lipinski definition) is 4. The Balaban J connectivity index is 2.27. The number of rotatable bonds is 4. The highest BCUT2D eigenvalue weighted by Crippen LogP contribution is 2.19. The summed E-state index contributed by atoms with van der Waals surface area (Å²) in [4.78, 5) is 20.2. The molecule has 0 fully saturated rings. The molecule has 6 heteroatoms. The molecule has 0 aromatic carbocycles. The second kappa shape index (κ2) is 5.43. The van der Waals surface area contributed by atoms with Crippen molar-refractivity contribution in [3.8, 4) is 0 Å². The van der Waals surface area contributed by atoms with Gasteiger partial charge in [0.2, 0.25) is 0 Å². The maximum atomic E-state index is 14.0. The number of carboxylic acid groups (broad SMARTS) is 1. The van der Waals surface area contributed by atoms with Gasteiger partial charge >= 0.3 is 5.97 Å². The van der Waals surface area contributed by atoms with Crippen molar-refractivity contribution < 1.29 is 14.3 Å². The first-order valence-electron chi connectivity index (χ1n) is 5.57. The van der Waals surface area contributed by atoms with Gasteiger partial charge in [-0.25, -0.2) is 14.2 Å². The smallest absolute Gasteiger partial charge is 0.338 e. The van der Waals surface area contributed by atoms with Crippen molar-refractivity contribution in [1.29, 1.82) is 0 Å². The van der Waals surface area contributed by atoms with Crippen LogP contribution in [0.2, 0.25) is 0 Å². The molecule has 0 aliphatic carbocycles. The van der Waals surface area contributed by atoms with Crippen LogP contribution in [0.15, 0.2) is 36.8 Å². The Labute approximate surface area is 109 Å². The summed E-state index contributed by atoms with van der Waals surface area (Å²) in [5.41, 5.74) is 0.495. The Morgan fingerprint density at radius 3 is 2.84 bits per heavy atom. The fourth-order valence-corrected chi connectivity index (χ4v) is 1.70. The SMILES string of the molecule is CN(Cc1cccnc1)c1nccc(C(=O)O)c1F. The summed E-state index contributed by atoms with van der Waals surface area (Å²) >= 11 is 0. The number of nitrogens with zero attached hydrogens (tertiary/aromatic N) is 3. The predicted octanol–water partition coefficient (Wildman–Crippen LogP) is 1.95. The monoisotopic (exact) mass is 261 g/mol. The average Bonchev–Trinajstić information content (AvgIpc) is 2.39. The van der Waals surface area contributed by atoms with Gasteiger partial charge in [-0.2, -0.15) is 0 Å². The van der Waals surface area contributed by atoms with Crippen LogP contribution in [0.25, 0.3) is 0 Å². The Hall–Kier alpha value is -2.50. The van der Waals surface area contributed by atoms with Crippen molar-refractivity contribution in [3.63, 3.8) is 0 Å². The van der Waals surface area contributed by atoms with Crippen LogP contribution in [0.3, 0.4) is 0 Å². The van der Waals surface area contributed by atoms with Crippen LogP contribution in [0.1, 0.15) is 15.9 Å². The van der Waals surface area contributed by atoms with Gasteiger partial charge in [0, 0.05) is 32.2 Å². The maximum Gasteiger partial charge on any atom is 0.338 e. The molecule has 2 heterocycles. The van der Waals surface area contributed by atoms with E-state index in [4.69, 9.17) is 5.11 Å².